The van der Waals surface area contributed by atoms with Gasteiger partial charge in [0.15, 0.2) is 0 Å². The number of rotatable bonds is 8. The fourth-order valence-corrected chi connectivity index (χ4v) is 4.79. The highest BCUT2D eigenvalue weighted by Gasteiger charge is 2.28. The van der Waals surface area contributed by atoms with Gasteiger partial charge in [0.05, 0.1) is 32.9 Å². The van der Waals surface area contributed by atoms with Crippen LogP contribution in [0, 0.1) is 11.7 Å². The molecule has 3 aromatic rings. The Hall–Kier alpha value is -2.13. The van der Waals surface area contributed by atoms with Gasteiger partial charge in [-0.2, -0.15) is 0 Å². The lowest BCUT2D eigenvalue weighted by atomic mass is 10.0. The van der Waals surface area contributed by atoms with Crippen molar-refractivity contribution in [3.05, 3.63) is 70.2 Å². The zero-order valence-corrected chi connectivity index (χ0v) is 19.5. The molecule has 0 radical (unpaired) electrons. The third-order valence-electron chi connectivity index (χ3n) is 4.66. The Morgan fingerprint density at radius 3 is 2.39 bits per heavy atom. The van der Waals surface area contributed by atoms with E-state index in [0.717, 1.165) is 0 Å². The van der Waals surface area contributed by atoms with Crippen molar-refractivity contribution < 1.29 is 17.5 Å². The van der Waals surface area contributed by atoms with E-state index in [1.54, 1.807) is 10.8 Å². The van der Waals surface area contributed by atoms with Crippen LogP contribution in [0.15, 0.2) is 53.6 Å². The van der Waals surface area contributed by atoms with E-state index in [1.807, 2.05) is 20.8 Å². The minimum atomic E-state index is -3.89. The van der Waals surface area contributed by atoms with Crippen LogP contribution in [0.5, 0.6) is 11.8 Å². The van der Waals surface area contributed by atoms with Gasteiger partial charge in [0, 0.05) is 6.54 Å². The monoisotopic (exact) mass is 485 g/mol. The second-order valence-electron chi connectivity index (χ2n) is 7.18. The first-order chi connectivity index (χ1) is 14.6. The summed E-state index contributed by atoms with van der Waals surface area (Å²) in [4.78, 5) is 4.32. The Labute approximate surface area is 191 Å². The average molecular weight is 486 g/mol. The zero-order chi connectivity index (χ0) is 22.8. The number of hydrogen-bond donors (Lipinski definition) is 1. The Bertz CT molecular complexity index is 1170. The van der Waals surface area contributed by atoms with Gasteiger partial charge < -0.3 is 4.74 Å². The molecule has 10 heteroatoms. The molecule has 3 rings (SSSR count). The van der Waals surface area contributed by atoms with E-state index < -0.39 is 16.1 Å². The van der Waals surface area contributed by atoms with Crippen LogP contribution in [-0.4, -0.2) is 18.0 Å². The Balaban J connectivity index is 1.93. The first kappa shape index (κ1) is 23.5. The molecule has 1 N–H and O–H groups in total. The highest BCUT2D eigenvalue weighted by Crippen LogP contribution is 2.31. The second kappa shape index (κ2) is 9.56. The van der Waals surface area contributed by atoms with Gasteiger partial charge in [0.2, 0.25) is 10.0 Å². The van der Waals surface area contributed by atoms with Gasteiger partial charge >= 0.3 is 6.01 Å². The first-order valence-electron chi connectivity index (χ1n) is 9.58. The second-order valence-corrected chi connectivity index (χ2v) is 9.71. The van der Waals surface area contributed by atoms with Crippen molar-refractivity contribution in [3.8, 4) is 11.8 Å². The molecule has 1 heterocycles. The summed E-state index contributed by atoms with van der Waals surface area (Å²) in [6, 6.07) is 9.41. The van der Waals surface area contributed by atoms with Crippen molar-refractivity contribution in [3.63, 3.8) is 0 Å². The molecule has 0 fully saturated rings. The van der Waals surface area contributed by atoms with Crippen LogP contribution in [-0.2, 0) is 16.6 Å². The molecule has 1 atom stereocenters. The normalized spacial score (nSPS) is 12.9. The highest BCUT2D eigenvalue weighted by atomic mass is 35.5. The Morgan fingerprint density at radius 1 is 1.13 bits per heavy atom. The number of sulfonamides is 1. The van der Waals surface area contributed by atoms with Crippen molar-refractivity contribution in [2.45, 2.75) is 38.3 Å². The highest BCUT2D eigenvalue weighted by molar-refractivity contribution is 7.89. The Morgan fingerprint density at radius 2 is 1.81 bits per heavy atom. The molecule has 0 saturated heterocycles. The molecule has 6 nitrogen and oxygen atoms in total. The van der Waals surface area contributed by atoms with Gasteiger partial charge in [-0.25, -0.2) is 22.5 Å². The van der Waals surface area contributed by atoms with E-state index in [9.17, 15) is 12.8 Å². The summed E-state index contributed by atoms with van der Waals surface area (Å²) in [5.41, 5.74) is 0.637. The quantitative estimate of drug-likeness (QED) is 0.436. The van der Waals surface area contributed by atoms with E-state index in [2.05, 4.69) is 9.71 Å². The summed E-state index contributed by atoms with van der Waals surface area (Å²) in [6.07, 6.45) is 1.57. The third kappa shape index (κ3) is 5.38. The van der Waals surface area contributed by atoms with E-state index in [4.69, 9.17) is 27.9 Å². The lowest BCUT2D eigenvalue weighted by Gasteiger charge is -2.24. The zero-order valence-electron chi connectivity index (χ0n) is 17.1. The van der Waals surface area contributed by atoms with Crippen molar-refractivity contribution in [2.24, 2.45) is 5.92 Å². The molecule has 0 aliphatic heterocycles. The number of hydrogen-bond acceptors (Lipinski definition) is 4. The van der Waals surface area contributed by atoms with Gasteiger partial charge in [0.1, 0.15) is 11.6 Å². The summed E-state index contributed by atoms with van der Waals surface area (Å²) < 4.78 is 49.5. The predicted molar refractivity (Wildman–Crippen MR) is 119 cm³/mol. The van der Waals surface area contributed by atoms with Gasteiger partial charge in [0.25, 0.3) is 0 Å². The van der Waals surface area contributed by atoms with Gasteiger partial charge in [-0.05, 0) is 55.3 Å². The van der Waals surface area contributed by atoms with E-state index in [0.29, 0.717) is 18.0 Å². The smallest absolute Gasteiger partial charge is 0.302 e. The van der Waals surface area contributed by atoms with Crippen LogP contribution < -0.4 is 9.46 Å². The van der Waals surface area contributed by atoms with Crippen molar-refractivity contribution in [1.82, 2.24) is 14.3 Å². The lowest BCUT2D eigenvalue weighted by Crippen LogP contribution is -2.33. The van der Waals surface area contributed by atoms with Crippen LogP contribution in [0.1, 0.15) is 32.5 Å². The Kier molecular flexibility index (Phi) is 7.26. The summed E-state index contributed by atoms with van der Waals surface area (Å²) in [7, 11) is -3.89. The number of halogens is 3. The van der Waals surface area contributed by atoms with Gasteiger partial charge in [-0.3, -0.25) is 4.57 Å². The number of benzene rings is 2. The minimum absolute atomic E-state index is 0.0119. The van der Waals surface area contributed by atoms with Crippen LogP contribution in [0.2, 0.25) is 10.0 Å². The van der Waals surface area contributed by atoms with Crippen molar-refractivity contribution >= 4 is 33.2 Å². The number of imidazole rings is 1. The number of ether oxygens (including phenoxy) is 1. The molecule has 166 valence electrons. The van der Waals surface area contributed by atoms with E-state index in [-0.39, 0.29) is 32.7 Å². The topological polar surface area (TPSA) is 73.2 Å². The minimum Gasteiger partial charge on any atom is -0.426 e. The van der Waals surface area contributed by atoms with E-state index >= 15 is 0 Å². The molecule has 1 unspecified atom stereocenters. The molecular formula is C21H22Cl2FN3O3S. The molecule has 0 bridgehead atoms. The molecule has 2 aromatic carbocycles. The number of nitrogens with one attached hydrogen (secondary N) is 1. The summed E-state index contributed by atoms with van der Waals surface area (Å²) >= 11 is 11.9. The fraction of sp³-hybridized carbons (Fsp3) is 0.286. The summed E-state index contributed by atoms with van der Waals surface area (Å²) in [6.45, 7) is 6.18. The van der Waals surface area contributed by atoms with E-state index in [1.165, 1.54) is 42.5 Å². The molecule has 1 aromatic heterocycles. The predicted octanol–water partition coefficient (Wildman–Crippen LogP) is 5.82. The van der Waals surface area contributed by atoms with Crippen LogP contribution in [0.3, 0.4) is 0 Å². The molecule has 0 aliphatic rings. The SMILES string of the molecule is CCn1c(C(NS(=O)(=O)c2ccc(Cl)c(Cl)c2)C(C)C)cnc1Oc1ccc(F)cc1. The molecule has 0 amide bonds. The molecule has 0 spiro atoms. The average Bonchev–Trinajstić information content (AvgIpc) is 3.11. The lowest BCUT2D eigenvalue weighted by molar-refractivity contribution is 0.391. The van der Waals surface area contributed by atoms with Gasteiger partial charge in [-0.15, -0.1) is 0 Å². The van der Waals surface area contributed by atoms with Gasteiger partial charge in [-0.1, -0.05) is 37.0 Å². The summed E-state index contributed by atoms with van der Waals surface area (Å²) in [5, 5.41) is 0.423. The maximum absolute atomic E-state index is 13.2. The molecular weight excluding hydrogens is 464 g/mol. The maximum atomic E-state index is 13.2. The van der Waals surface area contributed by atoms with Crippen LogP contribution in [0.4, 0.5) is 4.39 Å². The van der Waals surface area contributed by atoms with Crippen LogP contribution >= 0.6 is 23.2 Å². The molecule has 31 heavy (non-hydrogen) atoms. The largest absolute Gasteiger partial charge is 0.426 e. The fourth-order valence-electron chi connectivity index (χ4n) is 3.04. The standard InChI is InChI=1S/C21H22Cl2FN3O3S/c1-4-27-19(12-25-21(27)30-15-7-5-14(24)6-8-15)20(13(2)3)26-31(28,29)16-9-10-17(22)18(23)11-16/h5-13,20,26H,4H2,1-3H3. The maximum Gasteiger partial charge on any atom is 0.302 e. The number of aromatic nitrogens is 2. The number of nitrogens with zero attached hydrogens (tertiary/aromatic N) is 2. The summed E-state index contributed by atoms with van der Waals surface area (Å²) in [5.74, 6) is -0.0487. The first-order valence-corrected chi connectivity index (χ1v) is 11.8. The van der Waals surface area contributed by atoms with Crippen molar-refractivity contribution in [2.75, 3.05) is 0 Å². The van der Waals surface area contributed by atoms with Crippen molar-refractivity contribution in [1.29, 1.82) is 0 Å². The molecule has 0 aliphatic carbocycles. The molecule has 0 saturated carbocycles. The third-order valence-corrected chi connectivity index (χ3v) is 6.84. The van der Waals surface area contributed by atoms with Crippen LogP contribution in [0.25, 0.3) is 0 Å².